The Balaban J connectivity index is 2.09. The van der Waals surface area contributed by atoms with Crippen molar-refractivity contribution in [1.29, 1.82) is 5.41 Å². The van der Waals surface area contributed by atoms with Crippen LogP contribution in [-0.4, -0.2) is 51.3 Å². The van der Waals surface area contributed by atoms with Gasteiger partial charge in [0.15, 0.2) is 17.5 Å². The van der Waals surface area contributed by atoms with Crippen molar-refractivity contribution < 1.29 is 9.47 Å². The van der Waals surface area contributed by atoms with Crippen LogP contribution in [0, 0.1) is 5.41 Å². The molecular weight excluding hydrogens is 244 g/mol. The monoisotopic (exact) mass is 264 g/mol. The average molecular weight is 264 g/mol. The molecular formula is C13H20N4O2. The van der Waals surface area contributed by atoms with Gasteiger partial charge in [-0.1, -0.05) is 0 Å². The van der Waals surface area contributed by atoms with Crippen molar-refractivity contribution in [2.45, 2.75) is 0 Å². The summed E-state index contributed by atoms with van der Waals surface area (Å²) in [6.45, 7) is 3.22. The Hall–Kier alpha value is -2.11. The molecule has 19 heavy (non-hydrogen) atoms. The molecule has 1 aliphatic rings. The van der Waals surface area contributed by atoms with E-state index in [0.717, 1.165) is 43.4 Å². The molecule has 0 unspecified atom stereocenters. The molecule has 2 rings (SSSR count). The summed E-state index contributed by atoms with van der Waals surface area (Å²) in [5.41, 5.74) is 6.59. The van der Waals surface area contributed by atoms with E-state index in [1.165, 1.54) is 0 Å². The Kier molecular flexibility index (Phi) is 3.99. The quantitative estimate of drug-likeness (QED) is 0.621. The van der Waals surface area contributed by atoms with Gasteiger partial charge in [0, 0.05) is 37.9 Å². The van der Waals surface area contributed by atoms with Crippen molar-refractivity contribution in [3.05, 3.63) is 18.2 Å². The van der Waals surface area contributed by atoms with Crippen molar-refractivity contribution in [3.8, 4) is 11.5 Å². The van der Waals surface area contributed by atoms with E-state index in [1.54, 1.807) is 14.2 Å². The van der Waals surface area contributed by atoms with Crippen LogP contribution < -0.4 is 20.1 Å². The number of guanidine groups is 1. The summed E-state index contributed by atoms with van der Waals surface area (Å²) in [4.78, 5) is 4.12. The van der Waals surface area contributed by atoms with E-state index in [0.29, 0.717) is 0 Å². The third-order valence-corrected chi connectivity index (χ3v) is 3.35. The van der Waals surface area contributed by atoms with Crippen LogP contribution in [0.5, 0.6) is 11.5 Å². The Bertz CT molecular complexity index is 456. The van der Waals surface area contributed by atoms with Gasteiger partial charge in [-0.25, -0.2) is 0 Å². The number of benzene rings is 1. The molecule has 6 heteroatoms. The van der Waals surface area contributed by atoms with E-state index in [-0.39, 0.29) is 5.96 Å². The second-order valence-electron chi connectivity index (χ2n) is 4.40. The molecule has 1 fully saturated rings. The summed E-state index contributed by atoms with van der Waals surface area (Å²) in [6, 6.07) is 5.90. The maximum Gasteiger partial charge on any atom is 0.188 e. The van der Waals surface area contributed by atoms with Gasteiger partial charge in [0.05, 0.1) is 14.2 Å². The number of hydrogen-bond donors (Lipinski definition) is 2. The number of anilines is 1. The summed E-state index contributed by atoms with van der Waals surface area (Å²) < 4.78 is 10.5. The smallest absolute Gasteiger partial charge is 0.188 e. The minimum atomic E-state index is 0.145. The Morgan fingerprint density at radius 1 is 1.11 bits per heavy atom. The van der Waals surface area contributed by atoms with Gasteiger partial charge >= 0.3 is 0 Å². The zero-order valence-electron chi connectivity index (χ0n) is 11.3. The lowest BCUT2D eigenvalue weighted by molar-refractivity contribution is 0.354. The largest absolute Gasteiger partial charge is 0.493 e. The van der Waals surface area contributed by atoms with E-state index >= 15 is 0 Å². The van der Waals surface area contributed by atoms with Crippen LogP contribution in [0.3, 0.4) is 0 Å². The zero-order valence-corrected chi connectivity index (χ0v) is 11.3. The second-order valence-corrected chi connectivity index (χ2v) is 4.40. The molecule has 0 aromatic heterocycles. The third-order valence-electron chi connectivity index (χ3n) is 3.35. The molecule has 3 N–H and O–H groups in total. The van der Waals surface area contributed by atoms with Crippen LogP contribution in [0.1, 0.15) is 0 Å². The number of piperazine rings is 1. The van der Waals surface area contributed by atoms with Gasteiger partial charge in [0.25, 0.3) is 0 Å². The van der Waals surface area contributed by atoms with Crippen LogP contribution in [0.2, 0.25) is 0 Å². The number of rotatable bonds is 3. The van der Waals surface area contributed by atoms with E-state index < -0.39 is 0 Å². The van der Waals surface area contributed by atoms with E-state index in [1.807, 2.05) is 23.1 Å². The molecule has 0 atom stereocenters. The topological polar surface area (TPSA) is 74.8 Å². The second kappa shape index (κ2) is 5.69. The first-order valence-corrected chi connectivity index (χ1v) is 6.21. The number of nitrogens with zero attached hydrogens (tertiary/aromatic N) is 2. The highest BCUT2D eigenvalue weighted by atomic mass is 16.5. The fraction of sp³-hybridized carbons (Fsp3) is 0.462. The molecule has 1 aromatic rings. The minimum Gasteiger partial charge on any atom is -0.493 e. The molecule has 6 nitrogen and oxygen atoms in total. The lowest BCUT2D eigenvalue weighted by Gasteiger charge is -2.36. The minimum absolute atomic E-state index is 0.145. The number of nitrogens with one attached hydrogen (secondary N) is 1. The summed E-state index contributed by atoms with van der Waals surface area (Å²) in [5.74, 6) is 1.61. The van der Waals surface area contributed by atoms with Crippen molar-refractivity contribution in [2.24, 2.45) is 5.73 Å². The van der Waals surface area contributed by atoms with Crippen LogP contribution in [0.15, 0.2) is 18.2 Å². The highest BCUT2D eigenvalue weighted by Gasteiger charge is 2.18. The van der Waals surface area contributed by atoms with Crippen molar-refractivity contribution in [1.82, 2.24) is 4.90 Å². The van der Waals surface area contributed by atoms with E-state index in [9.17, 15) is 0 Å². The lowest BCUT2D eigenvalue weighted by Crippen LogP contribution is -2.50. The fourth-order valence-electron chi connectivity index (χ4n) is 2.23. The summed E-state index contributed by atoms with van der Waals surface area (Å²) >= 11 is 0. The van der Waals surface area contributed by atoms with Gasteiger partial charge in [0.1, 0.15) is 0 Å². The van der Waals surface area contributed by atoms with E-state index in [4.69, 9.17) is 20.6 Å². The molecule has 1 aliphatic heterocycles. The molecule has 1 aromatic carbocycles. The zero-order chi connectivity index (χ0) is 13.8. The lowest BCUT2D eigenvalue weighted by atomic mass is 10.2. The number of hydrogen-bond acceptors (Lipinski definition) is 4. The van der Waals surface area contributed by atoms with Crippen LogP contribution in [0.25, 0.3) is 0 Å². The first kappa shape index (κ1) is 13.3. The molecule has 0 radical (unpaired) electrons. The molecule has 0 saturated carbocycles. The SMILES string of the molecule is COc1ccc(N2CCN(C(=N)N)CC2)cc1OC. The first-order valence-electron chi connectivity index (χ1n) is 6.21. The molecule has 0 amide bonds. The first-order chi connectivity index (χ1) is 9.15. The molecule has 1 heterocycles. The Labute approximate surface area is 113 Å². The third kappa shape index (κ3) is 2.83. The average Bonchev–Trinajstić information content (AvgIpc) is 2.46. The van der Waals surface area contributed by atoms with Crippen LogP contribution in [-0.2, 0) is 0 Å². The molecule has 1 saturated heterocycles. The maximum atomic E-state index is 7.42. The molecule has 0 aliphatic carbocycles. The van der Waals surface area contributed by atoms with Crippen LogP contribution in [0.4, 0.5) is 5.69 Å². The maximum absolute atomic E-state index is 7.42. The highest BCUT2D eigenvalue weighted by Crippen LogP contribution is 2.31. The highest BCUT2D eigenvalue weighted by molar-refractivity contribution is 5.75. The predicted octanol–water partition coefficient (Wildman–Crippen LogP) is 0.719. The van der Waals surface area contributed by atoms with Crippen LogP contribution >= 0.6 is 0 Å². The van der Waals surface area contributed by atoms with Crippen molar-refractivity contribution in [2.75, 3.05) is 45.3 Å². The van der Waals surface area contributed by atoms with Gasteiger partial charge in [-0.3, -0.25) is 5.41 Å². The van der Waals surface area contributed by atoms with Gasteiger partial charge in [-0.2, -0.15) is 0 Å². The summed E-state index contributed by atoms with van der Waals surface area (Å²) in [6.07, 6.45) is 0. The molecule has 0 spiro atoms. The Morgan fingerprint density at radius 3 is 2.26 bits per heavy atom. The summed E-state index contributed by atoms with van der Waals surface area (Å²) in [7, 11) is 3.26. The fourth-order valence-corrected chi connectivity index (χ4v) is 2.23. The Morgan fingerprint density at radius 2 is 1.74 bits per heavy atom. The number of nitrogens with two attached hydrogens (primary N) is 1. The number of ether oxygens (including phenoxy) is 2. The number of methoxy groups -OCH3 is 2. The standard InChI is InChI=1S/C13H20N4O2/c1-18-11-4-3-10(9-12(11)19-2)16-5-7-17(8-6-16)13(14)15/h3-4,9H,5-8H2,1-2H3,(H3,14,15). The van der Waals surface area contributed by atoms with Crippen molar-refractivity contribution >= 4 is 11.6 Å². The van der Waals surface area contributed by atoms with Gasteiger partial charge in [-0.15, -0.1) is 0 Å². The van der Waals surface area contributed by atoms with Gasteiger partial charge in [-0.05, 0) is 12.1 Å². The van der Waals surface area contributed by atoms with Crippen molar-refractivity contribution in [3.63, 3.8) is 0 Å². The van der Waals surface area contributed by atoms with Gasteiger partial charge < -0.3 is 25.0 Å². The van der Waals surface area contributed by atoms with Gasteiger partial charge in [0.2, 0.25) is 0 Å². The predicted molar refractivity (Wildman–Crippen MR) is 75.2 cm³/mol. The van der Waals surface area contributed by atoms with E-state index in [2.05, 4.69) is 4.90 Å². The summed E-state index contributed by atoms with van der Waals surface area (Å²) in [5, 5.41) is 7.42. The normalized spacial score (nSPS) is 15.3. The molecule has 104 valence electrons. The molecule has 0 bridgehead atoms.